The van der Waals surface area contributed by atoms with Gasteiger partial charge in [0.15, 0.2) is 0 Å². The van der Waals surface area contributed by atoms with E-state index in [-0.39, 0.29) is 23.8 Å². The maximum atomic E-state index is 12.7. The fraction of sp³-hybridized carbons (Fsp3) is 0.400. The standard InChI is InChI=1S/C20H24N2O2/c1-2-19(23)21-18-9-8-17(14-18)20(24)22-12-10-16(11-13-22)15-6-4-3-5-7-15/h2-9,16-18H,1,10-14H2,(H,21,23)/t17-,18+/m1/s1. The fourth-order valence-corrected chi connectivity index (χ4v) is 3.62. The lowest BCUT2D eigenvalue weighted by atomic mass is 9.89. The highest BCUT2D eigenvalue weighted by Gasteiger charge is 2.31. The molecule has 1 aromatic carbocycles. The fourth-order valence-electron chi connectivity index (χ4n) is 3.62. The van der Waals surface area contributed by atoms with Gasteiger partial charge in [0, 0.05) is 19.1 Å². The summed E-state index contributed by atoms with van der Waals surface area (Å²) in [6, 6.07) is 10.5. The smallest absolute Gasteiger partial charge is 0.243 e. The molecule has 1 aliphatic carbocycles. The molecule has 126 valence electrons. The van der Waals surface area contributed by atoms with Gasteiger partial charge in [-0.2, -0.15) is 0 Å². The quantitative estimate of drug-likeness (QED) is 0.684. The van der Waals surface area contributed by atoms with Gasteiger partial charge in [0.2, 0.25) is 11.8 Å². The third-order valence-corrected chi connectivity index (χ3v) is 4.99. The first kappa shape index (κ1) is 16.5. The van der Waals surface area contributed by atoms with Gasteiger partial charge >= 0.3 is 0 Å². The largest absolute Gasteiger partial charge is 0.346 e. The van der Waals surface area contributed by atoms with Crippen LogP contribution in [0.1, 0.15) is 30.7 Å². The first-order chi connectivity index (χ1) is 11.7. The van der Waals surface area contributed by atoms with Crippen LogP contribution in [0.3, 0.4) is 0 Å². The molecule has 4 heteroatoms. The van der Waals surface area contributed by atoms with Gasteiger partial charge in [0.25, 0.3) is 0 Å². The minimum atomic E-state index is -0.193. The number of hydrogen-bond donors (Lipinski definition) is 1. The van der Waals surface area contributed by atoms with Crippen molar-refractivity contribution in [2.24, 2.45) is 5.92 Å². The van der Waals surface area contributed by atoms with Crippen molar-refractivity contribution in [3.63, 3.8) is 0 Å². The molecule has 0 unspecified atom stereocenters. The molecule has 0 spiro atoms. The van der Waals surface area contributed by atoms with E-state index < -0.39 is 0 Å². The van der Waals surface area contributed by atoms with Crippen molar-refractivity contribution in [2.75, 3.05) is 13.1 Å². The summed E-state index contributed by atoms with van der Waals surface area (Å²) in [6.07, 6.45) is 7.79. The van der Waals surface area contributed by atoms with E-state index in [1.807, 2.05) is 23.1 Å². The highest BCUT2D eigenvalue weighted by Crippen LogP contribution is 2.29. The van der Waals surface area contributed by atoms with E-state index in [0.717, 1.165) is 25.9 Å². The van der Waals surface area contributed by atoms with Crippen LogP contribution in [0.2, 0.25) is 0 Å². The average Bonchev–Trinajstić information content (AvgIpc) is 3.10. The number of nitrogens with zero attached hydrogens (tertiary/aromatic N) is 1. The molecule has 3 rings (SSSR count). The zero-order valence-corrected chi connectivity index (χ0v) is 13.9. The second-order valence-electron chi connectivity index (χ2n) is 6.56. The SMILES string of the molecule is C=CC(=O)N[C@H]1C=C[C@@H](C(=O)N2CCC(c3ccccc3)CC2)C1. The van der Waals surface area contributed by atoms with Crippen LogP contribution in [0.15, 0.2) is 55.1 Å². The van der Waals surface area contributed by atoms with Crippen molar-refractivity contribution in [2.45, 2.75) is 31.2 Å². The lowest BCUT2D eigenvalue weighted by Crippen LogP contribution is -2.41. The number of nitrogens with one attached hydrogen (secondary N) is 1. The molecule has 1 N–H and O–H groups in total. The molecule has 0 saturated carbocycles. The van der Waals surface area contributed by atoms with Crippen molar-refractivity contribution in [3.05, 3.63) is 60.7 Å². The van der Waals surface area contributed by atoms with Gasteiger partial charge in [-0.05, 0) is 36.8 Å². The number of benzene rings is 1. The number of piperidine rings is 1. The summed E-state index contributed by atoms with van der Waals surface area (Å²) in [5, 5.41) is 2.83. The van der Waals surface area contributed by atoms with Crippen molar-refractivity contribution in [1.82, 2.24) is 10.2 Å². The summed E-state index contributed by atoms with van der Waals surface area (Å²) in [5.41, 5.74) is 1.37. The van der Waals surface area contributed by atoms with Crippen molar-refractivity contribution < 1.29 is 9.59 Å². The lowest BCUT2D eigenvalue weighted by Gasteiger charge is -2.33. The topological polar surface area (TPSA) is 49.4 Å². The Morgan fingerprint density at radius 3 is 2.50 bits per heavy atom. The highest BCUT2D eigenvalue weighted by molar-refractivity contribution is 5.87. The maximum absolute atomic E-state index is 12.7. The Labute approximate surface area is 143 Å². The van der Waals surface area contributed by atoms with E-state index in [2.05, 4.69) is 36.2 Å². The third kappa shape index (κ3) is 3.75. The zero-order chi connectivity index (χ0) is 16.9. The van der Waals surface area contributed by atoms with Gasteiger partial charge in [0.1, 0.15) is 0 Å². The molecule has 2 aliphatic rings. The first-order valence-corrected chi connectivity index (χ1v) is 8.62. The summed E-state index contributed by atoms with van der Waals surface area (Å²) in [7, 11) is 0. The van der Waals surface area contributed by atoms with Gasteiger partial charge in [-0.1, -0.05) is 49.1 Å². The van der Waals surface area contributed by atoms with E-state index in [1.54, 1.807) is 0 Å². The van der Waals surface area contributed by atoms with Gasteiger partial charge < -0.3 is 10.2 Å². The molecule has 1 aliphatic heterocycles. The normalized spacial score (nSPS) is 23.9. The number of rotatable bonds is 4. The molecular formula is C20H24N2O2. The van der Waals surface area contributed by atoms with Gasteiger partial charge in [0.05, 0.1) is 5.92 Å². The van der Waals surface area contributed by atoms with Crippen LogP contribution >= 0.6 is 0 Å². The van der Waals surface area contributed by atoms with Crippen LogP contribution in [0, 0.1) is 5.92 Å². The predicted molar refractivity (Wildman–Crippen MR) is 94.4 cm³/mol. The Morgan fingerprint density at radius 1 is 1.12 bits per heavy atom. The number of carbonyl (C=O) groups excluding carboxylic acids is 2. The summed E-state index contributed by atoms with van der Waals surface area (Å²) in [4.78, 5) is 26.0. The number of hydrogen-bond acceptors (Lipinski definition) is 2. The van der Waals surface area contributed by atoms with E-state index in [4.69, 9.17) is 0 Å². The van der Waals surface area contributed by atoms with E-state index in [0.29, 0.717) is 12.3 Å². The molecule has 4 nitrogen and oxygen atoms in total. The van der Waals surface area contributed by atoms with Crippen LogP contribution in [0.4, 0.5) is 0 Å². The molecule has 24 heavy (non-hydrogen) atoms. The molecule has 1 saturated heterocycles. The monoisotopic (exact) mass is 324 g/mol. The Kier molecular flexibility index (Phi) is 5.14. The molecule has 1 heterocycles. The summed E-state index contributed by atoms with van der Waals surface area (Å²) in [5.74, 6) is 0.428. The second-order valence-corrected chi connectivity index (χ2v) is 6.56. The molecule has 2 atom stereocenters. The Hall–Kier alpha value is -2.36. The van der Waals surface area contributed by atoms with Crippen LogP contribution in [-0.4, -0.2) is 35.8 Å². The van der Waals surface area contributed by atoms with Crippen LogP contribution in [0.5, 0.6) is 0 Å². The van der Waals surface area contributed by atoms with Crippen molar-refractivity contribution in [3.8, 4) is 0 Å². The van der Waals surface area contributed by atoms with Gasteiger partial charge in [-0.25, -0.2) is 0 Å². The van der Waals surface area contributed by atoms with Crippen LogP contribution in [0.25, 0.3) is 0 Å². The van der Waals surface area contributed by atoms with Crippen LogP contribution < -0.4 is 5.32 Å². The first-order valence-electron chi connectivity index (χ1n) is 8.62. The summed E-state index contributed by atoms with van der Waals surface area (Å²) < 4.78 is 0. The molecule has 1 fully saturated rings. The van der Waals surface area contributed by atoms with E-state index >= 15 is 0 Å². The van der Waals surface area contributed by atoms with E-state index in [1.165, 1.54) is 11.6 Å². The minimum absolute atomic E-state index is 0.0636. The second kappa shape index (κ2) is 7.47. The predicted octanol–water partition coefficient (Wildman–Crippen LogP) is 2.64. The number of likely N-dealkylation sites (tertiary alicyclic amines) is 1. The Morgan fingerprint density at radius 2 is 1.83 bits per heavy atom. The molecule has 1 aromatic rings. The minimum Gasteiger partial charge on any atom is -0.346 e. The van der Waals surface area contributed by atoms with Crippen molar-refractivity contribution in [1.29, 1.82) is 0 Å². The van der Waals surface area contributed by atoms with E-state index in [9.17, 15) is 9.59 Å². The number of carbonyl (C=O) groups is 2. The molecular weight excluding hydrogens is 300 g/mol. The zero-order valence-electron chi connectivity index (χ0n) is 13.9. The molecule has 0 radical (unpaired) electrons. The Balaban J connectivity index is 1.50. The Bertz CT molecular complexity index is 630. The maximum Gasteiger partial charge on any atom is 0.243 e. The van der Waals surface area contributed by atoms with Crippen LogP contribution in [-0.2, 0) is 9.59 Å². The van der Waals surface area contributed by atoms with Gasteiger partial charge in [-0.15, -0.1) is 0 Å². The number of amides is 2. The molecule has 0 bridgehead atoms. The third-order valence-electron chi connectivity index (χ3n) is 4.99. The average molecular weight is 324 g/mol. The summed E-state index contributed by atoms with van der Waals surface area (Å²) >= 11 is 0. The lowest BCUT2D eigenvalue weighted by molar-refractivity contribution is -0.135. The molecule has 2 amide bonds. The summed E-state index contributed by atoms with van der Waals surface area (Å²) in [6.45, 7) is 5.07. The molecule has 0 aromatic heterocycles. The highest BCUT2D eigenvalue weighted by atomic mass is 16.2. The van der Waals surface area contributed by atoms with Gasteiger partial charge in [-0.3, -0.25) is 9.59 Å². The van der Waals surface area contributed by atoms with Crippen molar-refractivity contribution >= 4 is 11.8 Å².